The standard InChI is InChI=1S/C12H17O2P/c13-12(14)11(15)9-5-4-8-10-6-2-1-3-7-10/h1-3,6-7,11H,4-5,8-9,15H2,(H,13,14). The number of carboxylic acids is 1. The SMILES string of the molecule is O=C(O)C(P)CCCCc1ccccc1. The average molecular weight is 224 g/mol. The minimum atomic E-state index is -0.722. The first-order valence-corrected chi connectivity index (χ1v) is 5.89. The molecule has 0 aliphatic carbocycles. The van der Waals surface area contributed by atoms with Gasteiger partial charge < -0.3 is 5.11 Å². The molecule has 1 rings (SSSR count). The molecule has 2 atom stereocenters. The van der Waals surface area contributed by atoms with E-state index >= 15 is 0 Å². The van der Waals surface area contributed by atoms with Crippen LogP contribution < -0.4 is 0 Å². The summed E-state index contributed by atoms with van der Waals surface area (Å²) < 4.78 is 0. The van der Waals surface area contributed by atoms with Gasteiger partial charge in [0.2, 0.25) is 0 Å². The smallest absolute Gasteiger partial charge is 0.310 e. The van der Waals surface area contributed by atoms with Gasteiger partial charge >= 0.3 is 5.97 Å². The number of aryl methyl sites for hydroxylation is 1. The minimum Gasteiger partial charge on any atom is -0.481 e. The maximum absolute atomic E-state index is 10.5. The zero-order valence-corrected chi connectivity index (χ0v) is 9.88. The molecule has 0 aromatic heterocycles. The molecule has 0 saturated carbocycles. The van der Waals surface area contributed by atoms with Crippen molar-refractivity contribution in [3.05, 3.63) is 35.9 Å². The van der Waals surface area contributed by atoms with Crippen LogP contribution in [0.2, 0.25) is 0 Å². The first-order chi connectivity index (χ1) is 7.20. The van der Waals surface area contributed by atoms with E-state index in [9.17, 15) is 4.79 Å². The second-order valence-corrected chi connectivity index (χ2v) is 4.48. The van der Waals surface area contributed by atoms with Gasteiger partial charge in [0.1, 0.15) is 0 Å². The van der Waals surface area contributed by atoms with E-state index in [0.29, 0.717) is 0 Å². The van der Waals surface area contributed by atoms with Gasteiger partial charge in [-0.2, -0.15) is 0 Å². The number of benzene rings is 1. The Kier molecular flexibility index (Phi) is 5.34. The summed E-state index contributed by atoms with van der Waals surface area (Å²) in [5.74, 6) is -0.722. The lowest BCUT2D eigenvalue weighted by atomic mass is 10.1. The third kappa shape index (κ3) is 4.94. The maximum Gasteiger partial charge on any atom is 0.310 e. The van der Waals surface area contributed by atoms with Crippen LogP contribution in [0.15, 0.2) is 30.3 Å². The number of aliphatic carboxylic acids is 1. The summed E-state index contributed by atoms with van der Waals surface area (Å²) in [4.78, 5) is 10.5. The Bertz CT molecular complexity index is 298. The van der Waals surface area contributed by atoms with Crippen LogP contribution in [0.3, 0.4) is 0 Å². The van der Waals surface area contributed by atoms with Crippen LogP contribution in [0, 0.1) is 0 Å². The highest BCUT2D eigenvalue weighted by molar-refractivity contribution is 7.19. The summed E-state index contributed by atoms with van der Waals surface area (Å²) in [6.07, 6.45) is 3.81. The summed E-state index contributed by atoms with van der Waals surface area (Å²) in [7, 11) is 2.37. The maximum atomic E-state index is 10.5. The Morgan fingerprint density at radius 3 is 2.53 bits per heavy atom. The van der Waals surface area contributed by atoms with Gasteiger partial charge in [-0.25, -0.2) is 0 Å². The lowest BCUT2D eigenvalue weighted by Gasteiger charge is -2.05. The van der Waals surface area contributed by atoms with E-state index in [1.807, 2.05) is 18.2 Å². The van der Waals surface area contributed by atoms with Gasteiger partial charge in [-0.1, -0.05) is 36.8 Å². The molecule has 2 nitrogen and oxygen atoms in total. The Balaban J connectivity index is 2.15. The van der Waals surface area contributed by atoms with Crippen molar-refractivity contribution < 1.29 is 9.90 Å². The molecule has 0 aliphatic rings. The second kappa shape index (κ2) is 6.58. The number of rotatable bonds is 6. The quantitative estimate of drug-likeness (QED) is 0.596. The van der Waals surface area contributed by atoms with Crippen molar-refractivity contribution in [2.45, 2.75) is 31.3 Å². The van der Waals surface area contributed by atoms with Crippen LogP contribution in [0.1, 0.15) is 24.8 Å². The highest BCUT2D eigenvalue weighted by atomic mass is 31.0. The van der Waals surface area contributed by atoms with Gasteiger partial charge in [-0.05, 0) is 24.8 Å². The van der Waals surface area contributed by atoms with Gasteiger partial charge in [-0.3, -0.25) is 4.79 Å². The third-order valence-corrected chi connectivity index (χ3v) is 3.01. The zero-order chi connectivity index (χ0) is 11.1. The number of carbonyl (C=O) groups is 1. The molecule has 0 aliphatic heterocycles. The van der Waals surface area contributed by atoms with Gasteiger partial charge in [0.15, 0.2) is 0 Å². The zero-order valence-electron chi connectivity index (χ0n) is 8.73. The van der Waals surface area contributed by atoms with E-state index in [-0.39, 0.29) is 5.66 Å². The lowest BCUT2D eigenvalue weighted by molar-refractivity contribution is -0.136. The predicted octanol–water partition coefficient (Wildman–Crippen LogP) is 2.73. The van der Waals surface area contributed by atoms with Crippen LogP contribution >= 0.6 is 9.24 Å². The van der Waals surface area contributed by atoms with E-state index in [4.69, 9.17) is 5.11 Å². The number of unbranched alkanes of at least 4 members (excludes halogenated alkanes) is 1. The van der Waals surface area contributed by atoms with Gasteiger partial charge in [0.25, 0.3) is 0 Å². The molecule has 0 bridgehead atoms. The third-order valence-electron chi connectivity index (χ3n) is 2.39. The molecule has 0 radical (unpaired) electrons. The Morgan fingerprint density at radius 2 is 1.93 bits per heavy atom. The molecule has 2 unspecified atom stereocenters. The monoisotopic (exact) mass is 224 g/mol. The highest BCUT2D eigenvalue weighted by Gasteiger charge is 2.09. The summed E-state index contributed by atoms with van der Waals surface area (Å²) >= 11 is 0. The van der Waals surface area contributed by atoms with E-state index in [2.05, 4.69) is 21.4 Å². The fourth-order valence-corrected chi connectivity index (χ4v) is 1.70. The summed E-state index contributed by atoms with van der Waals surface area (Å²) in [5, 5.41) is 8.68. The number of hydrogen-bond acceptors (Lipinski definition) is 1. The molecular weight excluding hydrogens is 207 g/mol. The Hall–Kier alpha value is -0.880. The Morgan fingerprint density at radius 1 is 1.27 bits per heavy atom. The molecule has 0 saturated heterocycles. The summed E-state index contributed by atoms with van der Waals surface area (Å²) in [6, 6.07) is 10.3. The van der Waals surface area contributed by atoms with E-state index < -0.39 is 5.97 Å². The molecule has 1 aromatic carbocycles. The lowest BCUT2D eigenvalue weighted by Crippen LogP contribution is -2.11. The molecule has 0 spiro atoms. The van der Waals surface area contributed by atoms with Crippen LogP contribution in [-0.2, 0) is 11.2 Å². The topological polar surface area (TPSA) is 37.3 Å². The van der Waals surface area contributed by atoms with Gasteiger partial charge in [-0.15, -0.1) is 9.24 Å². The number of hydrogen-bond donors (Lipinski definition) is 1. The van der Waals surface area contributed by atoms with Crippen molar-refractivity contribution in [3.8, 4) is 0 Å². The van der Waals surface area contributed by atoms with Crippen LogP contribution in [0.4, 0.5) is 0 Å². The van der Waals surface area contributed by atoms with Crippen molar-refractivity contribution >= 4 is 15.2 Å². The van der Waals surface area contributed by atoms with Crippen molar-refractivity contribution in [1.82, 2.24) is 0 Å². The molecule has 1 aromatic rings. The van der Waals surface area contributed by atoms with Crippen LogP contribution in [-0.4, -0.2) is 16.7 Å². The molecule has 0 fully saturated rings. The molecule has 0 amide bonds. The summed E-state index contributed by atoms with van der Waals surface area (Å²) in [5.41, 5.74) is 1.04. The second-order valence-electron chi connectivity index (χ2n) is 3.68. The van der Waals surface area contributed by atoms with E-state index in [0.717, 1.165) is 25.7 Å². The predicted molar refractivity (Wildman–Crippen MR) is 65.1 cm³/mol. The van der Waals surface area contributed by atoms with Crippen LogP contribution in [0.5, 0.6) is 0 Å². The van der Waals surface area contributed by atoms with E-state index in [1.54, 1.807) is 0 Å². The molecular formula is C12H17O2P. The fourth-order valence-electron chi connectivity index (χ4n) is 1.46. The van der Waals surface area contributed by atoms with Crippen molar-refractivity contribution in [1.29, 1.82) is 0 Å². The van der Waals surface area contributed by atoms with Gasteiger partial charge in [0, 0.05) is 0 Å². The average Bonchev–Trinajstić information content (AvgIpc) is 2.25. The summed E-state index contributed by atoms with van der Waals surface area (Å²) in [6.45, 7) is 0. The normalized spacial score (nSPS) is 12.3. The van der Waals surface area contributed by atoms with Crippen molar-refractivity contribution in [2.75, 3.05) is 0 Å². The van der Waals surface area contributed by atoms with Crippen LogP contribution in [0.25, 0.3) is 0 Å². The highest BCUT2D eigenvalue weighted by Crippen LogP contribution is 2.12. The largest absolute Gasteiger partial charge is 0.481 e. The molecule has 1 N–H and O–H groups in total. The van der Waals surface area contributed by atoms with Crippen molar-refractivity contribution in [3.63, 3.8) is 0 Å². The Labute approximate surface area is 92.9 Å². The molecule has 3 heteroatoms. The molecule has 0 heterocycles. The number of carboxylic acid groups (broad SMARTS) is 1. The molecule has 82 valence electrons. The molecule has 15 heavy (non-hydrogen) atoms. The first kappa shape index (κ1) is 12.2. The van der Waals surface area contributed by atoms with Crippen molar-refractivity contribution in [2.24, 2.45) is 0 Å². The fraction of sp³-hybridized carbons (Fsp3) is 0.417. The minimum absolute atomic E-state index is 0.291. The van der Waals surface area contributed by atoms with E-state index in [1.165, 1.54) is 5.56 Å². The van der Waals surface area contributed by atoms with Gasteiger partial charge in [0.05, 0.1) is 5.66 Å². The first-order valence-electron chi connectivity index (χ1n) is 5.22.